The zero-order valence-electron chi connectivity index (χ0n) is 7.20. The molecule has 0 aliphatic carbocycles. The summed E-state index contributed by atoms with van der Waals surface area (Å²) in [6, 6.07) is 5.78. The first kappa shape index (κ1) is 10.0. The molecule has 0 amide bonds. The second kappa shape index (κ2) is 4.83. The fraction of sp³-hybridized carbons (Fsp3) is 0.333. The maximum absolute atomic E-state index is 8.80. The molecular formula is C9H9BrN2O. The van der Waals surface area contributed by atoms with Crippen LogP contribution in [0.15, 0.2) is 18.3 Å². The monoisotopic (exact) mass is 240 g/mol. The van der Waals surface area contributed by atoms with Gasteiger partial charge in [-0.1, -0.05) is 15.9 Å². The normalized spacial score (nSPS) is 11.8. The first-order chi connectivity index (χ1) is 6.31. The van der Waals surface area contributed by atoms with Crippen molar-refractivity contribution in [3.05, 3.63) is 23.9 Å². The SMILES string of the molecule is COc1cc(C(C#N)CBr)ccn1. The van der Waals surface area contributed by atoms with E-state index in [-0.39, 0.29) is 5.92 Å². The molecule has 0 saturated carbocycles. The Morgan fingerprint density at radius 3 is 3.08 bits per heavy atom. The van der Waals surface area contributed by atoms with Gasteiger partial charge in [0, 0.05) is 17.6 Å². The van der Waals surface area contributed by atoms with Gasteiger partial charge < -0.3 is 4.74 Å². The predicted octanol–water partition coefficient (Wildman–Crippen LogP) is 2.09. The quantitative estimate of drug-likeness (QED) is 0.761. The third-order valence-electron chi connectivity index (χ3n) is 1.68. The fourth-order valence-electron chi connectivity index (χ4n) is 0.951. The Balaban J connectivity index is 2.94. The van der Waals surface area contributed by atoms with Crippen LogP contribution in [0.4, 0.5) is 0 Å². The summed E-state index contributed by atoms with van der Waals surface area (Å²) in [5.74, 6) is 0.399. The Labute approximate surface area is 85.5 Å². The average molecular weight is 241 g/mol. The lowest BCUT2D eigenvalue weighted by Gasteiger charge is -2.05. The van der Waals surface area contributed by atoms with Crippen molar-refractivity contribution in [3.63, 3.8) is 0 Å². The first-order valence-electron chi connectivity index (χ1n) is 3.77. The summed E-state index contributed by atoms with van der Waals surface area (Å²) >= 11 is 3.28. The zero-order valence-corrected chi connectivity index (χ0v) is 8.78. The number of nitrogens with zero attached hydrogens (tertiary/aromatic N) is 2. The van der Waals surface area contributed by atoms with E-state index in [1.165, 1.54) is 0 Å². The highest BCUT2D eigenvalue weighted by molar-refractivity contribution is 9.09. The molecule has 1 aromatic heterocycles. The van der Waals surface area contributed by atoms with Gasteiger partial charge in [0.05, 0.1) is 19.1 Å². The number of alkyl halides is 1. The van der Waals surface area contributed by atoms with E-state index in [1.807, 2.05) is 6.07 Å². The summed E-state index contributed by atoms with van der Waals surface area (Å²) in [6.45, 7) is 0. The number of hydrogen-bond donors (Lipinski definition) is 0. The van der Waals surface area contributed by atoms with E-state index in [1.54, 1.807) is 19.4 Å². The minimum Gasteiger partial charge on any atom is -0.481 e. The number of ether oxygens (including phenoxy) is 1. The van der Waals surface area contributed by atoms with E-state index < -0.39 is 0 Å². The standard InChI is InChI=1S/C9H9BrN2O/c1-13-9-4-7(2-3-12-9)8(5-10)6-11/h2-4,8H,5H2,1H3. The van der Waals surface area contributed by atoms with E-state index in [2.05, 4.69) is 27.0 Å². The summed E-state index contributed by atoms with van der Waals surface area (Å²) in [4.78, 5) is 3.96. The minimum absolute atomic E-state index is 0.142. The number of aromatic nitrogens is 1. The third kappa shape index (κ3) is 2.43. The molecule has 0 radical (unpaired) electrons. The molecule has 1 atom stereocenters. The molecule has 0 fully saturated rings. The number of pyridine rings is 1. The molecule has 0 saturated heterocycles. The molecule has 0 aromatic carbocycles. The Kier molecular flexibility index (Phi) is 3.71. The second-order valence-electron chi connectivity index (χ2n) is 2.47. The Hall–Kier alpha value is -1.08. The van der Waals surface area contributed by atoms with Crippen LogP contribution in [0.5, 0.6) is 5.88 Å². The molecule has 0 spiro atoms. The summed E-state index contributed by atoms with van der Waals surface area (Å²) < 4.78 is 4.96. The molecule has 0 bridgehead atoms. The van der Waals surface area contributed by atoms with Gasteiger partial charge in [-0.15, -0.1) is 0 Å². The van der Waals surface area contributed by atoms with E-state index >= 15 is 0 Å². The number of methoxy groups -OCH3 is 1. The van der Waals surface area contributed by atoms with Crippen molar-refractivity contribution in [1.29, 1.82) is 5.26 Å². The Bertz CT molecular complexity index is 322. The van der Waals surface area contributed by atoms with Crippen LogP contribution in [-0.2, 0) is 0 Å². The van der Waals surface area contributed by atoms with Crippen molar-refractivity contribution in [3.8, 4) is 11.9 Å². The topological polar surface area (TPSA) is 45.9 Å². The highest BCUT2D eigenvalue weighted by atomic mass is 79.9. The molecule has 68 valence electrons. The van der Waals surface area contributed by atoms with Crippen LogP contribution < -0.4 is 4.74 Å². The molecule has 3 nitrogen and oxygen atoms in total. The molecule has 1 aromatic rings. The van der Waals surface area contributed by atoms with E-state index in [0.29, 0.717) is 11.2 Å². The highest BCUT2D eigenvalue weighted by Crippen LogP contribution is 2.19. The lowest BCUT2D eigenvalue weighted by atomic mass is 10.0. The molecular weight excluding hydrogens is 232 g/mol. The maximum atomic E-state index is 8.80. The minimum atomic E-state index is -0.142. The van der Waals surface area contributed by atoms with Crippen molar-refractivity contribution >= 4 is 15.9 Å². The molecule has 13 heavy (non-hydrogen) atoms. The van der Waals surface area contributed by atoms with Crippen LogP contribution in [0.3, 0.4) is 0 Å². The number of rotatable bonds is 3. The molecule has 0 aliphatic heterocycles. The van der Waals surface area contributed by atoms with Crippen molar-refractivity contribution < 1.29 is 4.74 Å². The largest absolute Gasteiger partial charge is 0.481 e. The Morgan fingerprint density at radius 1 is 1.77 bits per heavy atom. The van der Waals surface area contributed by atoms with Crippen molar-refractivity contribution in [2.75, 3.05) is 12.4 Å². The van der Waals surface area contributed by atoms with Crippen LogP contribution in [0.2, 0.25) is 0 Å². The van der Waals surface area contributed by atoms with Crippen LogP contribution in [0.1, 0.15) is 11.5 Å². The van der Waals surface area contributed by atoms with E-state index in [9.17, 15) is 0 Å². The van der Waals surface area contributed by atoms with Gasteiger partial charge >= 0.3 is 0 Å². The summed E-state index contributed by atoms with van der Waals surface area (Å²) in [5.41, 5.74) is 0.922. The molecule has 1 heterocycles. The summed E-state index contributed by atoms with van der Waals surface area (Å²) in [5, 5.41) is 9.42. The van der Waals surface area contributed by atoms with Crippen LogP contribution in [0.25, 0.3) is 0 Å². The van der Waals surface area contributed by atoms with Crippen molar-refractivity contribution in [2.45, 2.75) is 5.92 Å². The lowest BCUT2D eigenvalue weighted by molar-refractivity contribution is 0.397. The molecule has 0 aliphatic rings. The van der Waals surface area contributed by atoms with Gasteiger partial charge in [-0.2, -0.15) is 5.26 Å². The number of nitriles is 1. The molecule has 4 heteroatoms. The second-order valence-corrected chi connectivity index (χ2v) is 3.12. The summed E-state index contributed by atoms with van der Waals surface area (Å²) in [7, 11) is 1.56. The highest BCUT2D eigenvalue weighted by Gasteiger charge is 2.09. The van der Waals surface area contributed by atoms with Crippen LogP contribution in [0, 0.1) is 11.3 Å². The molecule has 1 unspecified atom stereocenters. The summed E-state index contributed by atoms with van der Waals surface area (Å²) in [6.07, 6.45) is 1.64. The Morgan fingerprint density at radius 2 is 2.54 bits per heavy atom. The van der Waals surface area contributed by atoms with Gasteiger partial charge in [0.25, 0.3) is 0 Å². The smallest absolute Gasteiger partial charge is 0.213 e. The maximum Gasteiger partial charge on any atom is 0.213 e. The van der Waals surface area contributed by atoms with Gasteiger partial charge in [0.15, 0.2) is 0 Å². The van der Waals surface area contributed by atoms with Gasteiger partial charge in [0.1, 0.15) is 0 Å². The average Bonchev–Trinajstić information content (AvgIpc) is 2.20. The van der Waals surface area contributed by atoms with Crippen molar-refractivity contribution in [1.82, 2.24) is 4.98 Å². The lowest BCUT2D eigenvalue weighted by Crippen LogP contribution is -1.98. The van der Waals surface area contributed by atoms with E-state index in [4.69, 9.17) is 10.00 Å². The van der Waals surface area contributed by atoms with Gasteiger partial charge in [-0.3, -0.25) is 0 Å². The van der Waals surface area contributed by atoms with Gasteiger partial charge in [0.2, 0.25) is 5.88 Å². The van der Waals surface area contributed by atoms with Crippen LogP contribution >= 0.6 is 15.9 Å². The first-order valence-corrected chi connectivity index (χ1v) is 4.89. The van der Waals surface area contributed by atoms with Gasteiger partial charge in [-0.25, -0.2) is 4.98 Å². The third-order valence-corrected chi connectivity index (χ3v) is 2.33. The van der Waals surface area contributed by atoms with Crippen molar-refractivity contribution in [2.24, 2.45) is 0 Å². The van der Waals surface area contributed by atoms with Gasteiger partial charge in [-0.05, 0) is 11.6 Å². The molecule has 1 rings (SSSR count). The molecule has 0 N–H and O–H groups in total. The predicted molar refractivity (Wildman–Crippen MR) is 52.9 cm³/mol. The number of hydrogen-bond acceptors (Lipinski definition) is 3. The van der Waals surface area contributed by atoms with Crippen LogP contribution in [-0.4, -0.2) is 17.4 Å². The zero-order chi connectivity index (χ0) is 9.68. The van der Waals surface area contributed by atoms with E-state index in [0.717, 1.165) is 5.56 Å². The number of halogens is 1. The fourth-order valence-corrected chi connectivity index (χ4v) is 1.47.